The summed E-state index contributed by atoms with van der Waals surface area (Å²) >= 11 is 1.10. The Labute approximate surface area is 101 Å². The number of pyridine rings is 1. The topological polar surface area (TPSA) is 108 Å². The van der Waals surface area contributed by atoms with Crippen molar-refractivity contribution >= 4 is 22.8 Å². The average molecular weight is 247 g/mol. The summed E-state index contributed by atoms with van der Waals surface area (Å²) < 4.78 is 0. The minimum atomic E-state index is -0.104. The van der Waals surface area contributed by atoms with E-state index >= 15 is 0 Å². The van der Waals surface area contributed by atoms with Crippen LogP contribution < -0.4 is 15.9 Å². The monoisotopic (exact) mass is 247 g/mol. The maximum atomic E-state index is 10.9. The second-order valence-corrected chi connectivity index (χ2v) is 4.15. The molecule has 0 radical (unpaired) electrons. The van der Waals surface area contributed by atoms with E-state index in [0.29, 0.717) is 23.6 Å². The van der Waals surface area contributed by atoms with Gasteiger partial charge < -0.3 is 16.0 Å². The Bertz CT molecular complexity index is 624. The van der Waals surface area contributed by atoms with E-state index in [1.165, 1.54) is 6.20 Å². The van der Waals surface area contributed by atoms with Crippen molar-refractivity contribution < 1.29 is 0 Å². The molecule has 0 amide bonds. The molecular formula is C10H9N5OS. The zero-order valence-electron chi connectivity index (χ0n) is 8.73. The Kier molecular flexibility index (Phi) is 3.07. The van der Waals surface area contributed by atoms with Crippen LogP contribution in [0, 0.1) is 11.3 Å². The lowest BCUT2D eigenvalue weighted by Gasteiger charge is -2.05. The molecule has 0 aromatic carbocycles. The first kappa shape index (κ1) is 11.2. The van der Waals surface area contributed by atoms with Crippen molar-refractivity contribution in [3.63, 3.8) is 0 Å². The molecule has 4 N–H and O–H groups in total. The third-order valence-electron chi connectivity index (χ3n) is 2.05. The largest absolute Gasteiger partial charge is 0.397 e. The molecule has 7 heteroatoms. The van der Waals surface area contributed by atoms with Crippen molar-refractivity contribution in [2.24, 2.45) is 0 Å². The van der Waals surface area contributed by atoms with Crippen LogP contribution in [0.2, 0.25) is 0 Å². The Balaban J connectivity index is 2.14. The first-order valence-electron chi connectivity index (χ1n) is 4.75. The fraction of sp³-hybridized carbons (Fsp3) is 0.100. The van der Waals surface area contributed by atoms with Crippen molar-refractivity contribution in [1.82, 2.24) is 9.97 Å². The lowest BCUT2D eigenvalue weighted by molar-refractivity contribution is 1.04. The van der Waals surface area contributed by atoms with E-state index in [0.717, 1.165) is 17.0 Å². The van der Waals surface area contributed by atoms with Gasteiger partial charge in [0.2, 0.25) is 0 Å². The molecule has 17 heavy (non-hydrogen) atoms. The summed E-state index contributed by atoms with van der Waals surface area (Å²) in [4.78, 5) is 17.5. The van der Waals surface area contributed by atoms with Gasteiger partial charge in [0.1, 0.15) is 11.9 Å². The van der Waals surface area contributed by atoms with Crippen LogP contribution in [0.15, 0.2) is 22.4 Å². The Morgan fingerprint density at radius 1 is 1.65 bits per heavy atom. The highest BCUT2D eigenvalue weighted by atomic mass is 32.1. The summed E-state index contributed by atoms with van der Waals surface area (Å²) in [7, 11) is 0. The van der Waals surface area contributed by atoms with Crippen molar-refractivity contribution in [3.8, 4) is 6.07 Å². The first-order chi connectivity index (χ1) is 8.19. The molecule has 2 aromatic heterocycles. The third-order valence-corrected chi connectivity index (χ3v) is 2.76. The summed E-state index contributed by atoms with van der Waals surface area (Å²) in [5.41, 5.74) is 7.10. The number of aromatic amines is 1. The number of hydrogen-bond donors (Lipinski definition) is 3. The van der Waals surface area contributed by atoms with Crippen LogP contribution in [0.4, 0.5) is 11.5 Å². The summed E-state index contributed by atoms with van der Waals surface area (Å²) in [5.74, 6) is 0.453. The number of rotatable bonds is 3. The average Bonchev–Trinajstić information content (AvgIpc) is 2.73. The van der Waals surface area contributed by atoms with Crippen molar-refractivity contribution in [1.29, 1.82) is 5.26 Å². The lowest BCUT2D eigenvalue weighted by Crippen LogP contribution is -2.06. The van der Waals surface area contributed by atoms with Gasteiger partial charge in [-0.25, -0.2) is 4.98 Å². The maximum Gasteiger partial charge on any atom is 0.304 e. The van der Waals surface area contributed by atoms with Gasteiger partial charge in [-0.3, -0.25) is 4.79 Å². The van der Waals surface area contributed by atoms with Gasteiger partial charge in [0.05, 0.1) is 24.0 Å². The molecule has 0 saturated heterocycles. The quantitative estimate of drug-likeness (QED) is 0.746. The van der Waals surface area contributed by atoms with E-state index in [4.69, 9.17) is 11.0 Å². The van der Waals surface area contributed by atoms with Crippen molar-refractivity contribution in [3.05, 3.63) is 38.6 Å². The first-order valence-corrected chi connectivity index (χ1v) is 5.63. The molecule has 2 aromatic rings. The molecule has 2 heterocycles. The van der Waals surface area contributed by atoms with Crippen molar-refractivity contribution in [2.45, 2.75) is 6.54 Å². The fourth-order valence-electron chi connectivity index (χ4n) is 1.29. The van der Waals surface area contributed by atoms with Crippen LogP contribution in [0.5, 0.6) is 0 Å². The van der Waals surface area contributed by atoms with Crippen LogP contribution in [-0.2, 0) is 6.54 Å². The van der Waals surface area contributed by atoms with Gasteiger partial charge in [-0.2, -0.15) is 5.26 Å². The van der Waals surface area contributed by atoms with E-state index in [2.05, 4.69) is 15.3 Å². The SMILES string of the molecule is N#Cc1cc(N)cnc1NCc1csc(=O)[nH]1. The molecule has 0 spiro atoms. The summed E-state index contributed by atoms with van der Waals surface area (Å²) in [6.07, 6.45) is 1.47. The molecule has 86 valence electrons. The number of nitrogens with zero attached hydrogens (tertiary/aromatic N) is 2. The number of hydrogen-bond acceptors (Lipinski definition) is 6. The van der Waals surface area contributed by atoms with E-state index in [9.17, 15) is 4.79 Å². The van der Waals surface area contributed by atoms with Crippen LogP contribution in [-0.4, -0.2) is 9.97 Å². The minimum absolute atomic E-state index is 0.104. The summed E-state index contributed by atoms with van der Waals surface area (Å²) in [6.45, 7) is 0.407. The van der Waals surface area contributed by atoms with Gasteiger partial charge in [0.25, 0.3) is 0 Å². The maximum absolute atomic E-state index is 10.9. The molecule has 0 aliphatic rings. The van der Waals surface area contributed by atoms with E-state index in [1.807, 2.05) is 6.07 Å². The van der Waals surface area contributed by atoms with Crippen LogP contribution in [0.25, 0.3) is 0 Å². The molecule has 0 atom stereocenters. The number of thiazole rings is 1. The number of anilines is 2. The standard InChI is InChI=1S/C10H9N5OS/c11-2-6-1-7(12)3-13-9(6)14-4-8-5-17-10(16)15-8/h1,3,5H,4,12H2,(H,13,14)(H,15,16). The molecule has 0 aliphatic carbocycles. The predicted molar refractivity (Wildman–Crippen MR) is 65.6 cm³/mol. The Hall–Kier alpha value is -2.33. The molecule has 6 nitrogen and oxygen atoms in total. The summed E-state index contributed by atoms with van der Waals surface area (Å²) in [6, 6.07) is 3.55. The number of nitrogens with one attached hydrogen (secondary N) is 2. The molecule has 0 bridgehead atoms. The molecule has 0 fully saturated rings. The lowest BCUT2D eigenvalue weighted by atomic mass is 10.2. The zero-order chi connectivity index (χ0) is 12.3. The van der Waals surface area contributed by atoms with Gasteiger partial charge in [0.15, 0.2) is 0 Å². The highest BCUT2D eigenvalue weighted by Crippen LogP contribution is 2.14. The van der Waals surface area contributed by atoms with E-state index in [1.54, 1.807) is 11.4 Å². The highest BCUT2D eigenvalue weighted by molar-refractivity contribution is 7.07. The normalized spacial score (nSPS) is 9.82. The van der Waals surface area contributed by atoms with E-state index < -0.39 is 0 Å². The Morgan fingerprint density at radius 3 is 3.12 bits per heavy atom. The zero-order valence-corrected chi connectivity index (χ0v) is 9.54. The highest BCUT2D eigenvalue weighted by Gasteiger charge is 2.04. The van der Waals surface area contributed by atoms with Gasteiger partial charge in [-0.05, 0) is 6.07 Å². The smallest absolute Gasteiger partial charge is 0.304 e. The van der Waals surface area contributed by atoms with Crippen molar-refractivity contribution in [2.75, 3.05) is 11.1 Å². The minimum Gasteiger partial charge on any atom is -0.397 e. The molecular weight excluding hydrogens is 238 g/mol. The second kappa shape index (κ2) is 4.67. The van der Waals surface area contributed by atoms with Gasteiger partial charge in [0, 0.05) is 11.1 Å². The van der Waals surface area contributed by atoms with E-state index in [-0.39, 0.29) is 4.87 Å². The van der Waals surface area contributed by atoms with Gasteiger partial charge in [-0.1, -0.05) is 11.3 Å². The van der Waals surface area contributed by atoms with Crippen LogP contribution in [0.3, 0.4) is 0 Å². The predicted octanol–water partition coefficient (Wildman–Crippen LogP) is 0.897. The second-order valence-electron chi connectivity index (χ2n) is 3.30. The Morgan fingerprint density at radius 2 is 2.47 bits per heavy atom. The fourth-order valence-corrected chi connectivity index (χ4v) is 1.87. The van der Waals surface area contributed by atoms with Gasteiger partial charge >= 0.3 is 4.87 Å². The number of nitriles is 1. The van der Waals surface area contributed by atoms with Crippen LogP contribution in [0.1, 0.15) is 11.3 Å². The molecule has 2 rings (SSSR count). The molecule has 0 unspecified atom stereocenters. The number of H-pyrrole nitrogens is 1. The number of nitrogen functional groups attached to an aromatic ring is 1. The summed E-state index contributed by atoms with van der Waals surface area (Å²) in [5, 5.41) is 13.6. The van der Waals surface area contributed by atoms with Crippen LogP contribution >= 0.6 is 11.3 Å². The molecule has 0 aliphatic heterocycles. The van der Waals surface area contributed by atoms with Gasteiger partial charge in [-0.15, -0.1) is 0 Å². The number of nitrogens with two attached hydrogens (primary N) is 1. The molecule has 0 saturated carbocycles. The third kappa shape index (κ3) is 2.62. The number of aromatic nitrogens is 2.